The summed E-state index contributed by atoms with van der Waals surface area (Å²) >= 11 is 1.63. The number of carbonyl (C=O) groups excluding carboxylic acids is 1. The highest BCUT2D eigenvalue weighted by Gasteiger charge is 2.25. The van der Waals surface area contributed by atoms with Crippen molar-refractivity contribution in [1.82, 2.24) is 20.6 Å². The monoisotopic (exact) mass is 422 g/mol. The second-order valence-electron chi connectivity index (χ2n) is 7.16. The number of rotatable bonds is 7. The quantitative estimate of drug-likeness (QED) is 0.476. The minimum absolute atomic E-state index is 0.277. The summed E-state index contributed by atoms with van der Waals surface area (Å²) in [5.74, 6) is 1.04. The minimum atomic E-state index is -0.292. The number of pyridine rings is 1. The molecule has 1 N–H and O–H groups in total. The van der Waals surface area contributed by atoms with Gasteiger partial charge < -0.3 is 14.4 Å². The van der Waals surface area contributed by atoms with Gasteiger partial charge in [0.1, 0.15) is 11.5 Å². The maximum Gasteiger partial charge on any atom is 0.274 e. The second-order valence-corrected chi connectivity index (χ2v) is 7.94. The number of thiophene rings is 1. The van der Waals surface area contributed by atoms with Gasteiger partial charge in [0.25, 0.3) is 5.91 Å². The van der Waals surface area contributed by atoms with Gasteiger partial charge >= 0.3 is 0 Å². The molecule has 0 aliphatic heterocycles. The molecule has 30 heavy (non-hydrogen) atoms. The van der Waals surface area contributed by atoms with Gasteiger partial charge in [-0.25, -0.2) is 0 Å². The molecule has 0 saturated carbocycles. The van der Waals surface area contributed by atoms with Crippen molar-refractivity contribution in [2.75, 3.05) is 0 Å². The average Bonchev–Trinajstić information content (AvgIpc) is 3.46. The Morgan fingerprint density at radius 3 is 2.57 bits per heavy atom. The zero-order chi connectivity index (χ0) is 21.1. The molecule has 0 unspecified atom stereocenters. The van der Waals surface area contributed by atoms with E-state index in [1.807, 2.05) is 37.4 Å². The molecule has 4 rings (SSSR count). The Morgan fingerprint density at radius 1 is 1.10 bits per heavy atom. The van der Waals surface area contributed by atoms with Crippen LogP contribution in [0.1, 0.15) is 56.1 Å². The third-order valence-electron chi connectivity index (χ3n) is 5.10. The van der Waals surface area contributed by atoms with E-state index in [2.05, 4.69) is 32.1 Å². The lowest BCUT2D eigenvalue weighted by molar-refractivity contribution is 0.0925. The summed E-state index contributed by atoms with van der Waals surface area (Å²) in [5, 5.41) is 15.2. The first-order valence-electron chi connectivity index (χ1n) is 9.62. The van der Waals surface area contributed by atoms with E-state index in [0.29, 0.717) is 18.6 Å². The van der Waals surface area contributed by atoms with Crippen LogP contribution < -0.4 is 5.32 Å². The van der Waals surface area contributed by atoms with Crippen LogP contribution in [0, 0.1) is 20.8 Å². The van der Waals surface area contributed by atoms with Crippen molar-refractivity contribution in [3.63, 3.8) is 0 Å². The third-order valence-corrected chi connectivity index (χ3v) is 5.84. The first-order chi connectivity index (χ1) is 14.5. The number of carbonyl (C=O) groups is 1. The third kappa shape index (κ3) is 4.18. The molecule has 1 atom stereocenters. The average molecular weight is 423 g/mol. The minimum Gasteiger partial charge on any atom is -0.361 e. The molecule has 1 amide bonds. The van der Waals surface area contributed by atoms with Crippen molar-refractivity contribution in [2.45, 2.75) is 39.7 Å². The van der Waals surface area contributed by atoms with Crippen LogP contribution in [0.25, 0.3) is 0 Å². The molecule has 4 aromatic rings. The lowest BCUT2D eigenvalue weighted by Crippen LogP contribution is -2.31. The smallest absolute Gasteiger partial charge is 0.274 e. The SMILES string of the molecule is Cc1noc(C)c1Cc1c(C(=O)N[C@@H](Cc2ccsc2)c2ccccn2)noc1C. The van der Waals surface area contributed by atoms with Gasteiger partial charge in [0.05, 0.1) is 17.4 Å². The van der Waals surface area contributed by atoms with Crippen molar-refractivity contribution in [3.8, 4) is 0 Å². The van der Waals surface area contributed by atoms with E-state index in [-0.39, 0.29) is 17.6 Å². The zero-order valence-electron chi connectivity index (χ0n) is 17.0. The van der Waals surface area contributed by atoms with Gasteiger partial charge in [0.15, 0.2) is 5.69 Å². The standard InChI is InChI=1S/C22H22N4O3S/c1-13-17(14(2)28-25-13)11-18-15(3)29-26-21(18)22(27)24-20(10-16-7-9-30-12-16)19-6-4-5-8-23-19/h4-9,12,20H,10-11H2,1-3H3,(H,24,27)/t20-/m0/s1. The Bertz CT molecular complexity index is 1110. The summed E-state index contributed by atoms with van der Waals surface area (Å²) in [5.41, 5.74) is 4.68. The van der Waals surface area contributed by atoms with Crippen molar-refractivity contribution in [1.29, 1.82) is 0 Å². The first kappa shape index (κ1) is 20.0. The maximum absolute atomic E-state index is 13.2. The van der Waals surface area contributed by atoms with Crippen LogP contribution in [-0.2, 0) is 12.8 Å². The summed E-state index contributed by atoms with van der Waals surface area (Å²) < 4.78 is 10.6. The Labute approximate surface area is 178 Å². The Kier molecular flexibility index (Phi) is 5.76. The van der Waals surface area contributed by atoms with Gasteiger partial charge in [0, 0.05) is 23.7 Å². The van der Waals surface area contributed by atoms with Crippen LogP contribution in [0.2, 0.25) is 0 Å². The van der Waals surface area contributed by atoms with Gasteiger partial charge in [-0.05, 0) is 61.7 Å². The molecule has 0 fully saturated rings. The van der Waals surface area contributed by atoms with E-state index in [0.717, 1.165) is 33.8 Å². The lowest BCUT2D eigenvalue weighted by atomic mass is 10.0. The van der Waals surface area contributed by atoms with Gasteiger partial charge in [-0.15, -0.1) is 0 Å². The van der Waals surface area contributed by atoms with Crippen molar-refractivity contribution >= 4 is 17.2 Å². The largest absolute Gasteiger partial charge is 0.361 e. The maximum atomic E-state index is 13.2. The molecule has 0 saturated heterocycles. The number of nitrogens with one attached hydrogen (secondary N) is 1. The summed E-state index contributed by atoms with van der Waals surface area (Å²) in [6.07, 6.45) is 2.84. The molecule has 154 valence electrons. The molecular weight excluding hydrogens is 400 g/mol. The number of hydrogen-bond acceptors (Lipinski definition) is 7. The summed E-state index contributed by atoms with van der Waals surface area (Å²) in [6.45, 7) is 5.54. The Balaban J connectivity index is 1.60. The highest BCUT2D eigenvalue weighted by Crippen LogP contribution is 2.24. The van der Waals surface area contributed by atoms with E-state index in [1.54, 1.807) is 24.5 Å². The molecule has 4 aromatic heterocycles. The van der Waals surface area contributed by atoms with Gasteiger partial charge in [0.2, 0.25) is 0 Å². The first-order valence-corrected chi connectivity index (χ1v) is 10.6. The van der Waals surface area contributed by atoms with E-state index >= 15 is 0 Å². The summed E-state index contributed by atoms with van der Waals surface area (Å²) in [7, 11) is 0. The lowest BCUT2D eigenvalue weighted by Gasteiger charge is -2.17. The number of hydrogen-bond donors (Lipinski definition) is 1. The molecule has 0 aromatic carbocycles. The molecule has 4 heterocycles. The van der Waals surface area contributed by atoms with Crippen LogP contribution in [-0.4, -0.2) is 21.2 Å². The number of aryl methyl sites for hydroxylation is 3. The van der Waals surface area contributed by atoms with Gasteiger partial charge in [-0.1, -0.05) is 16.4 Å². The topological polar surface area (TPSA) is 94.1 Å². The van der Waals surface area contributed by atoms with Crippen molar-refractivity contribution in [3.05, 3.63) is 86.5 Å². The fourth-order valence-corrected chi connectivity index (χ4v) is 4.07. The normalized spacial score (nSPS) is 12.1. The van der Waals surface area contributed by atoms with Crippen LogP contribution in [0.15, 0.2) is 50.3 Å². The van der Waals surface area contributed by atoms with Crippen LogP contribution in [0.5, 0.6) is 0 Å². The number of aromatic nitrogens is 3. The number of amides is 1. The fraction of sp³-hybridized carbons (Fsp3) is 0.273. The van der Waals surface area contributed by atoms with Crippen LogP contribution in [0.3, 0.4) is 0 Å². The molecule has 0 radical (unpaired) electrons. The molecular formula is C22H22N4O3S. The molecule has 0 aliphatic rings. The van der Waals surface area contributed by atoms with Crippen LogP contribution in [0.4, 0.5) is 0 Å². The second kappa shape index (κ2) is 8.62. The predicted octanol–water partition coefficient (Wildman–Crippen LogP) is 4.35. The highest BCUT2D eigenvalue weighted by atomic mass is 32.1. The highest BCUT2D eigenvalue weighted by molar-refractivity contribution is 7.07. The molecule has 0 aliphatic carbocycles. The Hall–Kier alpha value is -3.26. The molecule has 0 bridgehead atoms. The fourth-order valence-electron chi connectivity index (χ4n) is 3.39. The van der Waals surface area contributed by atoms with Gasteiger partial charge in [-0.3, -0.25) is 9.78 Å². The van der Waals surface area contributed by atoms with Crippen molar-refractivity contribution < 1.29 is 13.8 Å². The number of nitrogens with zero attached hydrogens (tertiary/aromatic N) is 3. The van der Waals surface area contributed by atoms with E-state index in [1.165, 1.54) is 0 Å². The van der Waals surface area contributed by atoms with Crippen molar-refractivity contribution in [2.24, 2.45) is 0 Å². The molecule has 0 spiro atoms. The van der Waals surface area contributed by atoms with E-state index in [4.69, 9.17) is 9.05 Å². The Morgan fingerprint density at radius 2 is 1.90 bits per heavy atom. The molecule has 8 heteroatoms. The predicted molar refractivity (Wildman–Crippen MR) is 112 cm³/mol. The summed E-state index contributed by atoms with van der Waals surface area (Å²) in [6, 6.07) is 7.46. The van der Waals surface area contributed by atoms with E-state index in [9.17, 15) is 4.79 Å². The van der Waals surface area contributed by atoms with E-state index < -0.39 is 0 Å². The zero-order valence-corrected chi connectivity index (χ0v) is 17.8. The summed E-state index contributed by atoms with van der Waals surface area (Å²) in [4.78, 5) is 17.6. The van der Waals surface area contributed by atoms with Crippen LogP contribution >= 0.6 is 11.3 Å². The molecule has 7 nitrogen and oxygen atoms in total. The van der Waals surface area contributed by atoms with Gasteiger partial charge in [-0.2, -0.15) is 11.3 Å².